The van der Waals surface area contributed by atoms with Crippen LogP contribution < -0.4 is 0 Å². The van der Waals surface area contributed by atoms with Crippen LogP contribution >= 0.6 is 0 Å². The summed E-state index contributed by atoms with van der Waals surface area (Å²) in [6, 6.07) is 0. The molecule has 0 aliphatic carbocycles. The first-order chi connectivity index (χ1) is 11.8. The third kappa shape index (κ3) is 12.8. The molecule has 0 aliphatic rings. The van der Waals surface area contributed by atoms with Crippen LogP contribution in [-0.4, -0.2) is 54.9 Å². The smallest absolute Gasteiger partial charge is 0.252 e. The quantitative estimate of drug-likeness (QED) is 0.246. The lowest BCUT2D eigenvalue weighted by molar-refractivity contribution is -0.889. The lowest BCUT2D eigenvalue weighted by atomic mass is 10.1. The van der Waals surface area contributed by atoms with Crippen molar-refractivity contribution in [1.29, 1.82) is 0 Å². The van der Waals surface area contributed by atoms with Crippen molar-refractivity contribution >= 4 is 11.8 Å². The molecule has 146 valence electrons. The highest BCUT2D eigenvalue weighted by Crippen LogP contribution is 2.11. The molecule has 0 aromatic rings. The Balaban J connectivity index is 3.81. The first-order valence-electron chi connectivity index (χ1n) is 10.1. The summed E-state index contributed by atoms with van der Waals surface area (Å²) in [5.74, 6) is -0.504. The predicted octanol–water partition coefficient (Wildman–Crippen LogP) is 4.54. The molecule has 0 spiro atoms. The van der Waals surface area contributed by atoms with Gasteiger partial charge in [-0.25, -0.2) is 0 Å². The highest BCUT2D eigenvalue weighted by atomic mass is 16.2. The molecular weight excluding hydrogens is 312 g/mol. The molecule has 0 saturated heterocycles. The van der Waals surface area contributed by atoms with Crippen LogP contribution in [0.3, 0.4) is 0 Å². The third-order valence-corrected chi connectivity index (χ3v) is 4.87. The molecule has 0 atom stereocenters. The lowest BCUT2D eigenvalue weighted by Gasteiger charge is -2.31. The van der Waals surface area contributed by atoms with Crippen molar-refractivity contribution in [2.75, 3.05) is 33.7 Å². The number of hydrogen-bond donors (Lipinski definition) is 0. The van der Waals surface area contributed by atoms with Gasteiger partial charge in [-0.2, -0.15) is 0 Å². The van der Waals surface area contributed by atoms with Crippen LogP contribution in [0, 0.1) is 0 Å². The van der Waals surface area contributed by atoms with Crippen molar-refractivity contribution in [3.63, 3.8) is 0 Å². The van der Waals surface area contributed by atoms with E-state index in [9.17, 15) is 9.59 Å². The first-order valence-corrected chi connectivity index (χ1v) is 10.1. The summed E-state index contributed by atoms with van der Waals surface area (Å²) in [6.45, 7) is 9.50. The van der Waals surface area contributed by atoms with Crippen LogP contribution in [0.4, 0.5) is 0 Å². The zero-order chi connectivity index (χ0) is 19.1. The van der Waals surface area contributed by atoms with Gasteiger partial charge in [0.05, 0.1) is 33.7 Å². The maximum absolute atomic E-state index is 11.7. The fraction of sp³-hybridized carbons (Fsp3) is 0.810. The SMILES string of the molecule is C=CC(=O)N(CC[N+](C)(C)CCCCCCCCCCCC)C(C)=O. The zero-order valence-electron chi connectivity index (χ0n) is 17.2. The van der Waals surface area contributed by atoms with E-state index in [0.29, 0.717) is 6.54 Å². The Morgan fingerprint density at radius 3 is 1.80 bits per heavy atom. The molecule has 0 saturated carbocycles. The van der Waals surface area contributed by atoms with Gasteiger partial charge in [0, 0.05) is 6.92 Å². The summed E-state index contributed by atoms with van der Waals surface area (Å²) in [5, 5.41) is 0. The van der Waals surface area contributed by atoms with E-state index < -0.39 is 0 Å². The molecule has 4 nitrogen and oxygen atoms in total. The number of likely N-dealkylation sites (N-methyl/N-ethyl adjacent to an activating group) is 1. The molecule has 0 N–H and O–H groups in total. The normalized spacial score (nSPS) is 11.4. The van der Waals surface area contributed by atoms with Gasteiger partial charge in [-0.1, -0.05) is 64.9 Å². The monoisotopic (exact) mass is 353 g/mol. The second-order valence-corrected chi connectivity index (χ2v) is 7.78. The Kier molecular flexibility index (Phi) is 13.4. The Morgan fingerprint density at radius 1 is 0.880 bits per heavy atom. The topological polar surface area (TPSA) is 37.4 Å². The Labute approximate surface area is 155 Å². The van der Waals surface area contributed by atoms with Crippen LogP contribution in [0.15, 0.2) is 12.7 Å². The van der Waals surface area contributed by atoms with Crippen LogP contribution in [0.25, 0.3) is 0 Å². The van der Waals surface area contributed by atoms with Gasteiger partial charge in [0.25, 0.3) is 5.91 Å². The molecule has 0 heterocycles. The van der Waals surface area contributed by atoms with E-state index in [1.54, 1.807) is 0 Å². The summed E-state index contributed by atoms with van der Waals surface area (Å²) in [7, 11) is 4.34. The number of unbranched alkanes of at least 4 members (excludes halogenated alkanes) is 9. The summed E-state index contributed by atoms with van der Waals surface area (Å²) >= 11 is 0. The number of carbonyl (C=O) groups is 2. The van der Waals surface area contributed by atoms with Gasteiger partial charge in [-0.3, -0.25) is 14.5 Å². The van der Waals surface area contributed by atoms with E-state index in [0.717, 1.165) is 17.6 Å². The first kappa shape index (κ1) is 23.8. The van der Waals surface area contributed by atoms with Crippen molar-refractivity contribution in [1.82, 2.24) is 4.90 Å². The van der Waals surface area contributed by atoms with Crippen LogP contribution in [-0.2, 0) is 9.59 Å². The average Bonchev–Trinajstić information content (AvgIpc) is 2.56. The van der Waals surface area contributed by atoms with E-state index >= 15 is 0 Å². The Hall–Kier alpha value is -1.16. The van der Waals surface area contributed by atoms with Crippen molar-refractivity contribution in [3.05, 3.63) is 12.7 Å². The minimum Gasteiger partial charge on any atom is -0.327 e. The fourth-order valence-electron chi connectivity index (χ4n) is 3.04. The van der Waals surface area contributed by atoms with Gasteiger partial charge < -0.3 is 4.48 Å². The summed E-state index contributed by atoms with van der Waals surface area (Å²) in [6.07, 6.45) is 14.6. The number of rotatable bonds is 15. The van der Waals surface area contributed by atoms with Crippen LogP contribution in [0.1, 0.15) is 78.1 Å². The van der Waals surface area contributed by atoms with Crippen LogP contribution in [0.5, 0.6) is 0 Å². The fourth-order valence-corrected chi connectivity index (χ4v) is 3.04. The lowest BCUT2D eigenvalue weighted by Crippen LogP contribution is -2.48. The highest BCUT2D eigenvalue weighted by molar-refractivity contribution is 5.99. The van der Waals surface area contributed by atoms with Crippen molar-refractivity contribution in [3.8, 4) is 0 Å². The molecule has 0 fully saturated rings. The van der Waals surface area contributed by atoms with E-state index in [1.165, 1.54) is 82.1 Å². The van der Waals surface area contributed by atoms with Gasteiger partial charge in [0.15, 0.2) is 0 Å². The molecule has 0 bridgehead atoms. The molecule has 0 unspecified atom stereocenters. The maximum atomic E-state index is 11.7. The summed E-state index contributed by atoms with van der Waals surface area (Å²) < 4.78 is 0.839. The Bertz CT molecular complexity index is 391. The average molecular weight is 354 g/mol. The third-order valence-electron chi connectivity index (χ3n) is 4.87. The van der Waals surface area contributed by atoms with E-state index in [2.05, 4.69) is 27.6 Å². The molecular formula is C21H41N2O2+. The predicted molar refractivity (Wildman–Crippen MR) is 106 cm³/mol. The zero-order valence-corrected chi connectivity index (χ0v) is 17.2. The Morgan fingerprint density at radius 2 is 1.36 bits per heavy atom. The van der Waals surface area contributed by atoms with Gasteiger partial charge in [0.1, 0.15) is 0 Å². The molecule has 25 heavy (non-hydrogen) atoms. The molecule has 2 amide bonds. The van der Waals surface area contributed by atoms with E-state index in [-0.39, 0.29) is 11.8 Å². The molecule has 0 aromatic carbocycles. The van der Waals surface area contributed by atoms with Crippen LogP contribution in [0.2, 0.25) is 0 Å². The molecule has 0 aliphatic heterocycles. The van der Waals surface area contributed by atoms with E-state index in [4.69, 9.17) is 0 Å². The van der Waals surface area contributed by atoms with Gasteiger partial charge in [-0.05, 0) is 18.9 Å². The van der Waals surface area contributed by atoms with Crippen molar-refractivity contribution in [2.24, 2.45) is 0 Å². The molecule has 0 radical (unpaired) electrons. The van der Waals surface area contributed by atoms with Crippen molar-refractivity contribution in [2.45, 2.75) is 78.1 Å². The second-order valence-electron chi connectivity index (χ2n) is 7.78. The van der Waals surface area contributed by atoms with Gasteiger partial charge in [0.2, 0.25) is 5.91 Å². The van der Waals surface area contributed by atoms with E-state index in [1.807, 2.05) is 0 Å². The maximum Gasteiger partial charge on any atom is 0.252 e. The number of imide groups is 1. The van der Waals surface area contributed by atoms with Gasteiger partial charge >= 0.3 is 0 Å². The summed E-state index contributed by atoms with van der Waals surface area (Å²) in [5.41, 5.74) is 0. The minimum absolute atomic E-state index is 0.205. The molecule has 4 heteroatoms. The minimum atomic E-state index is -0.300. The number of amides is 2. The molecule has 0 rings (SSSR count). The highest BCUT2D eigenvalue weighted by Gasteiger charge is 2.21. The van der Waals surface area contributed by atoms with Gasteiger partial charge in [-0.15, -0.1) is 0 Å². The van der Waals surface area contributed by atoms with Crippen molar-refractivity contribution < 1.29 is 14.1 Å². The number of carbonyl (C=O) groups excluding carboxylic acids is 2. The number of nitrogens with zero attached hydrogens (tertiary/aromatic N) is 2. The molecule has 0 aromatic heterocycles. The number of hydrogen-bond acceptors (Lipinski definition) is 2. The summed E-state index contributed by atoms with van der Waals surface area (Å²) in [4.78, 5) is 24.5. The second kappa shape index (κ2) is 14.1. The largest absolute Gasteiger partial charge is 0.327 e. The number of quaternary nitrogens is 1. The standard InChI is InChI=1S/C21H41N2O2/c1-6-8-9-10-11-12-13-14-15-16-18-23(4,5)19-17-22(20(3)24)21(25)7-2/h7H,2,6,8-19H2,1,3-5H3/q+1.